The molecule has 0 aromatic heterocycles. The topological polar surface area (TPSA) is 18.5 Å². The van der Waals surface area contributed by atoms with E-state index in [9.17, 15) is 0 Å². The third-order valence-corrected chi connectivity index (χ3v) is 4.74. The molecule has 0 heterocycles. The number of hydrogen-bond donors (Lipinski definition) is 0. The molecule has 0 unspecified atom stereocenters. The van der Waals surface area contributed by atoms with Crippen LogP contribution in [0.4, 0.5) is 0 Å². The second-order valence-electron chi connectivity index (χ2n) is 5.10. The van der Waals surface area contributed by atoms with Crippen molar-refractivity contribution < 1.29 is 9.05 Å². The number of hydrogen-bond acceptors (Lipinski definition) is 2. The summed E-state index contributed by atoms with van der Waals surface area (Å²) < 4.78 is 12.2. The van der Waals surface area contributed by atoms with Gasteiger partial charge in [0, 0.05) is 6.16 Å². The van der Waals surface area contributed by atoms with Crippen LogP contribution in [0.3, 0.4) is 0 Å². The van der Waals surface area contributed by atoms with Gasteiger partial charge in [0.1, 0.15) is 11.5 Å². The van der Waals surface area contributed by atoms with E-state index in [1.165, 1.54) is 5.56 Å². The van der Waals surface area contributed by atoms with Crippen LogP contribution in [-0.4, -0.2) is 6.16 Å². The summed E-state index contributed by atoms with van der Waals surface area (Å²) in [5, 5.41) is 0. The molecule has 0 fully saturated rings. The third-order valence-electron chi connectivity index (χ3n) is 3.33. The average Bonchev–Trinajstić information content (AvgIpc) is 2.62. The zero-order chi connectivity index (χ0) is 15.7. The zero-order valence-electron chi connectivity index (χ0n) is 12.8. The van der Waals surface area contributed by atoms with E-state index in [-0.39, 0.29) is 0 Å². The minimum absolute atomic E-state index is 0.850. The minimum Gasteiger partial charge on any atom is -0.439 e. The Hall–Kier alpha value is -2.31. The molecule has 116 valence electrons. The number of benzene rings is 3. The van der Waals surface area contributed by atoms with Gasteiger partial charge in [-0.05, 0) is 36.2 Å². The van der Waals surface area contributed by atoms with Crippen molar-refractivity contribution in [1.29, 1.82) is 0 Å². The zero-order valence-corrected chi connectivity index (χ0v) is 13.7. The van der Waals surface area contributed by atoms with Crippen LogP contribution in [0.15, 0.2) is 91.0 Å². The first-order valence-electron chi connectivity index (χ1n) is 7.68. The van der Waals surface area contributed by atoms with Crippen LogP contribution in [0.1, 0.15) is 5.56 Å². The highest BCUT2D eigenvalue weighted by Crippen LogP contribution is 2.40. The summed E-state index contributed by atoms with van der Waals surface area (Å²) in [6.07, 6.45) is 1.79. The second kappa shape index (κ2) is 8.36. The normalized spacial score (nSPS) is 10.5. The Bertz CT molecular complexity index is 645. The Kier molecular flexibility index (Phi) is 5.66. The van der Waals surface area contributed by atoms with E-state index in [4.69, 9.17) is 9.05 Å². The molecule has 0 atom stereocenters. The van der Waals surface area contributed by atoms with Gasteiger partial charge in [0.15, 0.2) is 0 Å². The molecule has 0 aliphatic carbocycles. The Morgan fingerprint density at radius 1 is 0.565 bits per heavy atom. The first-order valence-corrected chi connectivity index (χ1v) is 9.04. The maximum atomic E-state index is 6.08. The summed E-state index contributed by atoms with van der Waals surface area (Å²) in [6.45, 7) is 0. The average molecular weight is 322 g/mol. The highest BCUT2D eigenvalue weighted by Gasteiger charge is 2.15. The van der Waals surface area contributed by atoms with Gasteiger partial charge >= 0.3 is 0 Å². The highest BCUT2D eigenvalue weighted by atomic mass is 31.2. The van der Waals surface area contributed by atoms with Crippen molar-refractivity contribution in [3.63, 3.8) is 0 Å². The van der Waals surface area contributed by atoms with Crippen LogP contribution in [0, 0.1) is 0 Å². The summed E-state index contributed by atoms with van der Waals surface area (Å²) in [5.74, 6) is 1.70. The van der Waals surface area contributed by atoms with Gasteiger partial charge < -0.3 is 9.05 Å². The van der Waals surface area contributed by atoms with Crippen molar-refractivity contribution in [1.82, 2.24) is 0 Å². The first kappa shape index (κ1) is 15.6. The van der Waals surface area contributed by atoms with Crippen molar-refractivity contribution in [2.75, 3.05) is 6.16 Å². The molecule has 0 amide bonds. The Morgan fingerprint density at radius 2 is 1.00 bits per heavy atom. The van der Waals surface area contributed by atoms with E-state index < -0.39 is 8.38 Å². The molecule has 3 rings (SSSR count). The predicted octanol–water partition coefficient (Wildman–Crippen LogP) is 5.70. The molecule has 23 heavy (non-hydrogen) atoms. The Morgan fingerprint density at radius 3 is 1.48 bits per heavy atom. The Labute approximate surface area is 138 Å². The van der Waals surface area contributed by atoms with E-state index in [2.05, 4.69) is 24.3 Å². The number of aryl methyl sites for hydroxylation is 1. The molecule has 3 aromatic rings. The summed E-state index contributed by atoms with van der Waals surface area (Å²) >= 11 is 0. The van der Waals surface area contributed by atoms with E-state index in [1.54, 1.807) is 0 Å². The predicted molar refractivity (Wildman–Crippen MR) is 96.1 cm³/mol. The minimum atomic E-state index is -1.04. The van der Waals surface area contributed by atoms with Crippen LogP contribution in [0.2, 0.25) is 0 Å². The molecule has 3 heteroatoms. The summed E-state index contributed by atoms with van der Waals surface area (Å²) in [5.41, 5.74) is 1.30. The molecule has 0 spiro atoms. The van der Waals surface area contributed by atoms with Gasteiger partial charge in [0.05, 0.1) is 0 Å². The van der Waals surface area contributed by atoms with E-state index in [0.29, 0.717) is 0 Å². The maximum Gasteiger partial charge on any atom is 0.290 e. The summed E-state index contributed by atoms with van der Waals surface area (Å²) in [6, 6.07) is 30.2. The van der Waals surface area contributed by atoms with Crippen LogP contribution in [-0.2, 0) is 6.42 Å². The molecular weight excluding hydrogens is 303 g/mol. The lowest BCUT2D eigenvalue weighted by Crippen LogP contribution is -2.02. The molecule has 0 N–H and O–H groups in total. The fraction of sp³-hybridized carbons (Fsp3) is 0.100. The fourth-order valence-corrected chi connectivity index (χ4v) is 3.55. The van der Waals surface area contributed by atoms with Gasteiger partial charge in [0.2, 0.25) is 0 Å². The van der Waals surface area contributed by atoms with Crippen molar-refractivity contribution in [2.24, 2.45) is 0 Å². The third kappa shape index (κ3) is 5.12. The summed E-state index contributed by atoms with van der Waals surface area (Å²) in [4.78, 5) is 0. The Balaban J connectivity index is 1.67. The smallest absolute Gasteiger partial charge is 0.290 e. The van der Waals surface area contributed by atoms with Crippen LogP contribution < -0.4 is 9.05 Å². The van der Waals surface area contributed by atoms with Crippen molar-refractivity contribution in [3.05, 3.63) is 96.6 Å². The van der Waals surface area contributed by atoms with Crippen LogP contribution >= 0.6 is 8.38 Å². The van der Waals surface area contributed by atoms with E-state index in [1.807, 2.05) is 66.7 Å². The van der Waals surface area contributed by atoms with Crippen molar-refractivity contribution in [3.8, 4) is 11.5 Å². The standard InChI is InChI=1S/C20H19O2P/c1-4-10-18(11-5-1)16-17-23(21-19-12-6-2-7-13-19)22-20-14-8-3-9-15-20/h1-15H,16-17H2. The second-order valence-corrected chi connectivity index (χ2v) is 6.58. The molecule has 0 bridgehead atoms. The molecule has 3 aromatic carbocycles. The van der Waals surface area contributed by atoms with Crippen molar-refractivity contribution in [2.45, 2.75) is 6.42 Å². The van der Waals surface area contributed by atoms with E-state index >= 15 is 0 Å². The molecule has 0 saturated carbocycles. The van der Waals surface area contributed by atoms with Gasteiger partial charge in [-0.15, -0.1) is 0 Å². The van der Waals surface area contributed by atoms with E-state index in [0.717, 1.165) is 24.1 Å². The monoisotopic (exact) mass is 322 g/mol. The van der Waals surface area contributed by atoms with Gasteiger partial charge in [-0.3, -0.25) is 0 Å². The van der Waals surface area contributed by atoms with Crippen molar-refractivity contribution >= 4 is 8.38 Å². The van der Waals surface area contributed by atoms with Gasteiger partial charge in [-0.1, -0.05) is 66.7 Å². The van der Waals surface area contributed by atoms with Gasteiger partial charge in [-0.2, -0.15) is 0 Å². The lowest BCUT2D eigenvalue weighted by molar-refractivity contribution is 0.489. The molecule has 2 nitrogen and oxygen atoms in total. The largest absolute Gasteiger partial charge is 0.439 e. The molecule has 0 aliphatic rings. The fourth-order valence-electron chi connectivity index (χ4n) is 2.17. The number of para-hydroxylation sites is 2. The maximum absolute atomic E-state index is 6.08. The lowest BCUT2D eigenvalue weighted by atomic mass is 10.2. The summed E-state index contributed by atoms with van der Waals surface area (Å²) in [7, 11) is -1.04. The SMILES string of the molecule is c1ccc(CCP(Oc2ccccc2)Oc2ccccc2)cc1. The first-order chi connectivity index (χ1) is 11.4. The molecule has 0 saturated heterocycles. The molecule has 0 aliphatic heterocycles. The highest BCUT2D eigenvalue weighted by molar-refractivity contribution is 7.48. The van der Waals surface area contributed by atoms with Gasteiger partial charge in [-0.25, -0.2) is 0 Å². The number of rotatable bonds is 7. The molecule has 0 radical (unpaired) electrons. The van der Waals surface area contributed by atoms with Gasteiger partial charge in [0.25, 0.3) is 8.38 Å². The lowest BCUT2D eigenvalue weighted by Gasteiger charge is -2.18. The molecular formula is C20H19O2P. The quantitative estimate of drug-likeness (QED) is 0.520. The van der Waals surface area contributed by atoms with Crippen LogP contribution in [0.25, 0.3) is 0 Å². The van der Waals surface area contributed by atoms with Crippen LogP contribution in [0.5, 0.6) is 11.5 Å².